The van der Waals surface area contributed by atoms with Crippen LogP contribution in [0.15, 0.2) is 42.5 Å². The summed E-state index contributed by atoms with van der Waals surface area (Å²) in [6.45, 7) is 6.71. The lowest BCUT2D eigenvalue weighted by Crippen LogP contribution is -2.53. The van der Waals surface area contributed by atoms with Crippen LogP contribution in [0.25, 0.3) is 0 Å². The van der Waals surface area contributed by atoms with E-state index in [9.17, 15) is 14.0 Å². The lowest BCUT2D eigenvalue weighted by Gasteiger charge is -2.42. The summed E-state index contributed by atoms with van der Waals surface area (Å²) in [7, 11) is 0. The standard InChI is InChI=1S/C21H22Cl2FNO2/c1-13(14(2)26)25(20(27)9-15-7-5-6-8-19(15)24)21(3,4)16-10-17(22)12-18(23)11-16/h5-8,10-13H,9H2,1-4H3. The van der Waals surface area contributed by atoms with Crippen molar-refractivity contribution < 1.29 is 14.0 Å². The first-order valence-electron chi connectivity index (χ1n) is 8.56. The predicted molar refractivity (Wildman–Crippen MR) is 107 cm³/mol. The van der Waals surface area contributed by atoms with E-state index in [1.807, 2.05) is 13.8 Å². The van der Waals surface area contributed by atoms with Crippen LogP contribution in [-0.4, -0.2) is 22.6 Å². The summed E-state index contributed by atoms with van der Waals surface area (Å²) in [5.41, 5.74) is 0.0836. The second-order valence-corrected chi connectivity index (χ2v) is 7.91. The third-order valence-corrected chi connectivity index (χ3v) is 5.15. The van der Waals surface area contributed by atoms with Crippen LogP contribution >= 0.6 is 23.2 Å². The fourth-order valence-corrected chi connectivity index (χ4v) is 3.66. The van der Waals surface area contributed by atoms with E-state index in [1.54, 1.807) is 43.3 Å². The molecule has 0 aliphatic carbocycles. The zero-order chi connectivity index (χ0) is 20.4. The molecule has 2 rings (SSSR count). The molecular formula is C21H22Cl2FNO2. The topological polar surface area (TPSA) is 37.4 Å². The maximum atomic E-state index is 14.0. The van der Waals surface area contributed by atoms with Gasteiger partial charge in [-0.2, -0.15) is 0 Å². The maximum absolute atomic E-state index is 14.0. The summed E-state index contributed by atoms with van der Waals surface area (Å²) < 4.78 is 14.0. The van der Waals surface area contributed by atoms with E-state index in [2.05, 4.69) is 0 Å². The summed E-state index contributed by atoms with van der Waals surface area (Å²) in [6, 6.07) is 10.4. The molecular weight excluding hydrogens is 388 g/mol. The van der Waals surface area contributed by atoms with Gasteiger partial charge in [-0.05, 0) is 63.1 Å². The fourth-order valence-electron chi connectivity index (χ4n) is 3.13. The highest BCUT2D eigenvalue weighted by molar-refractivity contribution is 6.34. The second-order valence-electron chi connectivity index (χ2n) is 7.04. The van der Waals surface area contributed by atoms with E-state index in [0.717, 1.165) is 0 Å². The van der Waals surface area contributed by atoms with Gasteiger partial charge in [0.25, 0.3) is 0 Å². The SMILES string of the molecule is CC(=O)C(C)N(C(=O)Cc1ccccc1F)C(C)(C)c1cc(Cl)cc(Cl)c1. The monoisotopic (exact) mass is 409 g/mol. The molecule has 0 bridgehead atoms. The van der Waals surface area contributed by atoms with Gasteiger partial charge in [0.15, 0.2) is 5.78 Å². The highest BCUT2D eigenvalue weighted by atomic mass is 35.5. The van der Waals surface area contributed by atoms with Gasteiger partial charge in [-0.3, -0.25) is 9.59 Å². The van der Waals surface area contributed by atoms with Crippen molar-refractivity contribution >= 4 is 34.9 Å². The first kappa shape index (κ1) is 21.4. The number of hydrogen-bond acceptors (Lipinski definition) is 2. The summed E-state index contributed by atoms with van der Waals surface area (Å²) in [4.78, 5) is 26.7. The molecule has 1 unspecified atom stereocenters. The van der Waals surface area contributed by atoms with Crippen molar-refractivity contribution in [2.45, 2.75) is 45.7 Å². The highest BCUT2D eigenvalue weighted by Gasteiger charge is 2.38. The largest absolute Gasteiger partial charge is 0.323 e. The maximum Gasteiger partial charge on any atom is 0.228 e. The van der Waals surface area contributed by atoms with Gasteiger partial charge in [0.05, 0.1) is 18.0 Å². The quantitative estimate of drug-likeness (QED) is 0.638. The molecule has 0 spiro atoms. The van der Waals surface area contributed by atoms with E-state index in [-0.39, 0.29) is 23.7 Å². The minimum atomic E-state index is -0.887. The number of halogens is 3. The van der Waals surface area contributed by atoms with Gasteiger partial charge in [0, 0.05) is 10.0 Å². The molecule has 3 nitrogen and oxygen atoms in total. The van der Waals surface area contributed by atoms with Crippen molar-refractivity contribution in [3.63, 3.8) is 0 Å². The zero-order valence-corrected chi connectivity index (χ0v) is 17.2. The molecule has 1 atom stereocenters. The lowest BCUT2D eigenvalue weighted by molar-refractivity contribution is -0.144. The van der Waals surface area contributed by atoms with Crippen LogP contribution in [0.2, 0.25) is 10.0 Å². The molecule has 0 saturated carbocycles. The number of benzene rings is 2. The van der Waals surface area contributed by atoms with Crippen molar-refractivity contribution in [3.05, 3.63) is 69.5 Å². The molecule has 0 aliphatic rings. The molecule has 0 aromatic heterocycles. The Hall–Kier alpha value is -1.91. The third-order valence-electron chi connectivity index (χ3n) is 4.72. The number of rotatable bonds is 6. The number of carbonyl (C=O) groups excluding carboxylic acids is 2. The van der Waals surface area contributed by atoms with Crippen LogP contribution in [0.3, 0.4) is 0 Å². The third kappa shape index (κ3) is 4.88. The Morgan fingerprint density at radius 2 is 1.67 bits per heavy atom. The van der Waals surface area contributed by atoms with Crippen molar-refractivity contribution in [1.82, 2.24) is 4.90 Å². The fraction of sp³-hybridized carbons (Fsp3) is 0.333. The van der Waals surface area contributed by atoms with E-state index in [1.165, 1.54) is 17.9 Å². The zero-order valence-electron chi connectivity index (χ0n) is 15.7. The van der Waals surface area contributed by atoms with E-state index < -0.39 is 17.4 Å². The Labute approximate surface area is 169 Å². The Kier molecular flexibility index (Phi) is 6.66. The first-order valence-corrected chi connectivity index (χ1v) is 9.32. The van der Waals surface area contributed by atoms with Crippen LogP contribution in [0, 0.1) is 5.82 Å². The summed E-state index contributed by atoms with van der Waals surface area (Å²) in [5, 5.41) is 0.866. The van der Waals surface area contributed by atoms with Gasteiger partial charge >= 0.3 is 0 Å². The highest BCUT2D eigenvalue weighted by Crippen LogP contribution is 2.34. The summed E-state index contributed by atoms with van der Waals surface area (Å²) in [5.74, 6) is -0.980. The van der Waals surface area contributed by atoms with Gasteiger partial charge < -0.3 is 4.90 Å². The smallest absolute Gasteiger partial charge is 0.228 e. The molecule has 27 heavy (non-hydrogen) atoms. The summed E-state index contributed by atoms with van der Waals surface area (Å²) >= 11 is 12.3. The normalized spacial score (nSPS) is 12.6. The number of nitrogens with zero attached hydrogens (tertiary/aromatic N) is 1. The molecule has 0 fully saturated rings. The van der Waals surface area contributed by atoms with Gasteiger partial charge in [0.1, 0.15) is 5.82 Å². The van der Waals surface area contributed by atoms with Crippen LogP contribution in [0.1, 0.15) is 38.8 Å². The second kappa shape index (κ2) is 8.41. The van der Waals surface area contributed by atoms with Gasteiger partial charge in [-0.1, -0.05) is 41.4 Å². The molecule has 2 aromatic carbocycles. The Bertz CT molecular complexity index is 847. The molecule has 144 valence electrons. The average molecular weight is 410 g/mol. The average Bonchev–Trinajstić information content (AvgIpc) is 2.55. The Balaban J connectivity index is 2.48. The van der Waals surface area contributed by atoms with Gasteiger partial charge in [-0.15, -0.1) is 0 Å². The van der Waals surface area contributed by atoms with Crippen molar-refractivity contribution in [2.24, 2.45) is 0 Å². The number of ketones is 1. The first-order chi connectivity index (χ1) is 12.5. The number of carbonyl (C=O) groups is 2. The number of hydrogen-bond donors (Lipinski definition) is 0. The number of Topliss-reactive ketones (excluding diaryl/α,β-unsaturated/α-hetero) is 1. The lowest BCUT2D eigenvalue weighted by atomic mass is 9.89. The number of amides is 1. The molecule has 0 aliphatic heterocycles. The molecule has 0 N–H and O–H groups in total. The molecule has 0 heterocycles. The molecule has 2 aromatic rings. The van der Waals surface area contributed by atoms with Gasteiger partial charge in [-0.25, -0.2) is 4.39 Å². The van der Waals surface area contributed by atoms with Crippen LogP contribution in [-0.2, 0) is 21.5 Å². The van der Waals surface area contributed by atoms with E-state index in [4.69, 9.17) is 23.2 Å². The Morgan fingerprint density at radius 3 is 2.19 bits per heavy atom. The minimum absolute atomic E-state index is 0.151. The van der Waals surface area contributed by atoms with Crippen molar-refractivity contribution in [2.75, 3.05) is 0 Å². The van der Waals surface area contributed by atoms with E-state index >= 15 is 0 Å². The summed E-state index contributed by atoms with van der Waals surface area (Å²) in [6.07, 6.45) is -0.151. The van der Waals surface area contributed by atoms with Crippen LogP contribution in [0.4, 0.5) is 4.39 Å². The van der Waals surface area contributed by atoms with Crippen LogP contribution < -0.4 is 0 Å². The van der Waals surface area contributed by atoms with Crippen molar-refractivity contribution in [3.8, 4) is 0 Å². The molecule has 1 amide bonds. The van der Waals surface area contributed by atoms with E-state index in [0.29, 0.717) is 15.6 Å². The van der Waals surface area contributed by atoms with Gasteiger partial charge in [0.2, 0.25) is 5.91 Å². The van der Waals surface area contributed by atoms with Crippen molar-refractivity contribution in [1.29, 1.82) is 0 Å². The molecule has 0 radical (unpaired) electrons. The van der Waals surface area contributed by atoms with Crippen LogP contribution in [0.5, 0.6) is 0 Å². The predicted octanol–water partition coefficient (Wildman–Crippen LogP) is 5.42. The Morgan fingerprint density at radius 1 is 1.11 bits per heavy atom. The molecule has 6 heteroatoms. The molecule has 0 saturated heterocycles. The minimum Gasteiger partial charge on any atom is -0.323 e.